The Labute approximate surface area is 204 Å². The number of aliphatic hydroxyl groups excluding tert-OH is 1. The van der Waals surface area contributed by atoms with E-state index in [0.717, 1.165) is 30.5 Å². The second-order valence-electron chi connectivity index (χ2n) is 8.73. The van der Waals surface area contributed by atoms with Crippen molar-refractivity contribution < 1.29 is 19.7 Å². The molecule has 0 fully saturated rings. The number of carboxylic acids is 1. The first-order valence-electron chi connectivity index (χ1n) is 11.2. The second kappa shape index (κ2) is 10.4. The van der Waals surface area contributed by atoms with Crippen LogP contribution in [0.2, 0.25) is 5.15 Å². The van der Waals surface area contributed by atoms with E-state index in [0.29, 0.717) is 23.2 Å². The number of hydrogen-bond acceptors (Lipinski definition) is 6. The molecule has 0 radical (unpaired) electrons. The number of aryl methyl sites for hydroxylation is 1. The van der Waals surface area contributed by atoms with E-state index in [1.165, 1.54) is 17.2 Å². The summed E-state index contributed by atoms with van der Waals surface area (Å²) in [5.41, 5.74) is 4.13. The molecule has 1 aromatic heterocycles. The monoisotopic (exact) mass is 481 g/mol. The van der Waals surface area contributed by atoms with E-state index in [1.54, 1.807) is 24.4 Å². The Hall–Kier alpha value is -3.13. The summed E-state index contributed by atoms with van der Waals surface area (Å²) in [6.45, 7) is 0.425. The molecule has 1 heterocycles. The zero-order valence-electron chi connectivity index (χ0n) is 19.2. The summed E-state index contributed by atoms with van der Waals surface area (Å²) in [5, 5.41) is 23.8. The molecule has 2 aromatic carbocycles. The summed E-state index contributed by atoms with van der Waals surface area (Å²) in [7, 11) is 3.72. The molecule has 8 heteroatoms. The van der Waals surface area contributed by atoms with Crippen molar-refractivity contribution in [2.75, 3.05) is 25.5 Å². The maximum Gasteiger partial charge on any atom is 0.335 e. The molecule has 0 bridgehead atoms. The van der Waals surface area contributed by atoms with Crippen molar-refractivity contribution in [1.82, 2.24) is 10.3 Å². The summed E-state index contributed by atoms with van der Waals surface area (Å²) in [6, 6.07) is 14.7. The van der Waals surface area contributed by atoms with E-state index < -0.39 is 12.1 Å². The zero-order chi connectivity index (χ0) is 24.2. The molecule has 2 atom stereocenters. The number of rotatable bonds is 8. The number of ether oxygens (including phenoxy) is 1. The number of anilines is 1. The van der Waals surface area contributed by atoms with Crippen LogP contribution in [0.15, 0.2) is 54.7 Å². The maximum absolute atomic E-state index is 11.5. The van der Waals surface area contributed by atoms with E-state index in [1.807, 2.05) is 37.2 Å². The fourth-order valence-corrected chi connectivity index (χ4v) is 4.22. The normalized spacial score (nSPS) is 15.9. The number of nitrogens with zero attached hydrogens (tertiary/aromatic N) is 2. The molecule has 4 rings (SSSR count). The minimum Gasteiger partial charge on any atom is -0.478 e. The number of aromatic carboxylic acids is 1. The molecule has 1 aliphatic rings. The van der Waals surface area contributed by atoms with Crippen LogP contribution < -0.4 is 15.0 Å². The fraction of sp³-hybridized carbons (Fsp3) is 0.308. The summed E-state index contributed by atoms with van der Waals surface area (Å²) >= 11 is 5.82. The van der Waals surface area contributed by atoms with E-state index in [2.05, 4.69) is 16.4 Å². The van der Waals surface area contributed by atoms with E-state index in [4.69, 9.17) is 16.3 Å². The predicted octanol–water partition coefficient (Wildman–Crippen LogP) is 4.47. The molecule has 0 saturated heterocycles. The van der Waals surface area contributed by atoms with Gasteiger partial charge < -0.3 is 25.2 Å². The molecule has 3 N–H and O–H groups in total. The smallest absolute Gasteiger partial charge is 0.335 e. The number of aromatic nitrogens is 1. The van der Waals surface area contributed by atoms with Gasteiger partial charge in [-0.2, -0.15) is 0 Å². The Kier molecular flexibility index (Phi) is 7.36. The van der Waals surface area contributed by atoms with Crippen LogP contribution in [0.3, 0.4) is 0 Å². The number of benzene rings is 2. The Morgan fingerprint density at radius 2 is 2.00 bits per heavy atom. The van der Waals surface area contributed by atoms with E-state index >= 15 is 0 Å². The van der Waals surface area contributed by atoms with Gasteiger partial charge in [0.15, 0.2) is 0 Å². The van der Waals surface area contributed by atoms with Crippen molar-refractivity contribution >= 4 is 23.3 Å². The number of halogens is 1. The molecule has 3 aromatic rings. The number of fused-ring (bicyclic) bond motifs is 1. The predicted molar refractivity (Wildman–Crippen MR) is 132 cm³/mol. The first-order valence-corrected chi connectivity index (χ1v) is 11.5. The quantitative estimate of drug-likeness (QED) is 0.408. The van der Waals surface area contributed by atoms with Gasteiger partial charge in [0, 0.05) is 50.2 Å². The lowest BCUT2D eigenvalue weighted by atomic mass is 9.88. The first-order chi connectivity index (χ1) is 16.3. The van der Waals surface area contributed by atoms with Gasteiger partial charge in [0.05, 0.1) is 11.7 Å². The van der Waals surface area contributed by atoms with Crippen LogP contribution in [-0.2, 0) is 12.8 Å². The van der Waals surface area contributed by atoms with Crippen molar-refractivity contribution in [2.45, 2.75) is 31.4 Å². The second-order valence-corrected chi connectivity index (χ2v) is 9.11. The number of aliphatic hydroxyl groups is 1. The summed E-state index contributed by atoms with van der Waals surface area (Å²) in [5.74, 6) is 0.150. The van der Waals surface area contributed by atoms with Crippen LogP contribution in [0, 0.1) is 0 Å². The first kappa shape index (κ1) is 24.0. The third-order valence-electron chi connectivity index (χ3n) is 6.03. The van der Waals surface area contributed by atoms with Crippen LogP contribution in [0.25, 0.3) is 0 Å². The Morgan fingerprint density at radius 3 is 2.71 bits per heavy atom. The molecule has 7 nitrogen and oxygen atoms in total. The Morgan fingerprint density at radius 1 is 1.18 bits per heavy atom. The number of pyridine rings is 1. The van der Waals surface area contributed by atoms with Gasteiger partial charge in [-0.1, -0.05) is 23.7 Å². The van der Waals surface area contributed by atoms with Crippen LogP contribution in [0.1, 0.15) is 39.6 Å². The molecular weight excluding hydrogens is 454 g/mol. The summed E-state index contributed by atoms with van der Waals surface area (Å²) < 4.78 is 6.06. The molecule has 1 aliphatic carbocycles. The van der Waals surface area contributed by atoms with Crippen molar-refractivity contribution in [2.24, 2.45) is 0 Å². The molecule has 34 heavy (non-hydrogen) atoms. The molecule has 0 aliphatic heterocycles. The molecule has 0 unspecified atom stereocenters. The van der Waals surface area contributed by atoms with Crippen molar-refractivity contribution in [3.05, 3.63) is 82.1 Å². The van der Waals surface area contributed by atoms with Crippen molar-refractivity contribution in [3.8, 4) is 11.5 Å². The zero-order valence-corrected chi connectivity index (χ0v) is 19.9. The molecule has 0 amide bonds. The standard InChI is InChI=1S/C26H28ClN3O4/c1-30(2)21-10-19(26(32)33)12-23(13-21)34-22-7-4-16-3-6-20(9-18(16)11-22)28-15-24(31)17-5-8-25(27)29-14-17/h4-5,7-8,10-14,20,24,28,31H,3,6,9,15H2,1-2H3,(H,32,33)/t20-,24+/m0/s1. The Balaban J connectivity index is 1.43. The van der Waals surface area contributed by atoms with Crippen LogP contribution >= 0.6 is 11.6 Å². The topological polar surface area (TPSA) is 94.9 Å². The SMILES string of the molecule is CN(C)c1cc(Oc2ccc3c(c2)C[C@@H](NC[C@@H](O)c2ccc(Cl)nc2)CC3)cc(C(=O)O)c1. The van der Waals surface area contributed by atoms with Crippen molar-refractivity contribution in [3.63, 3.8) is 0 Å². The van der Waals surface area contributed by atoms with Gasteiger partial charge >= 0.3 is 5.97 Å². The number of carboxylic acid groups (broad SMARTS) is 1. The summed E-state index contributed by atoms with van der Waals surface area (Å²) in [4.78, 5) is 17.4. The van der Waals surface area contributed by atoms with Gasteiger partial charge in [-0.15, -0.1) is 0 Å². The van der Waals surface area contributed by atoms with Gasteiger partial charge in [-0.3, -0.25) is 0 Å². The lowest BCUT2D eigenvalue weighted by Crippen LogP contribution is -2.37. The van der Waals surface area contributed by atoms with Gasteiger partial charge in [0.25, 0.3) is 0 Å². The van der Waals surface area contributed by atoms with Gasteiger partial charge in [-0.25, -0.2) is 9.78 Å². The molecular formula is C26H28ClN3O4. The van der Waals surface area contributed by atoms with Gasteiger partial charge in [0.1, 0.15) is 16.7 Å². The largest absolute Gasteiger partial charge is 0.478 e. The highest BCUT2D eigenvalue weighted by Crippen LogP contribution is 2.31. The summed E-state index contributed by atoms with van der Waals surface area (Å²) in [6.07, 6.45) is 3.66. The highest BCUT2D eigenvalue weighted by atomic mass is 35.5. The minimum absolute atomic E-state index is 0.179. The highest BCUT2D eigenvalue weighted by molar-refractivity contribution is 6.29. The van der Waals surface area contributed by atoms with Crippen LogP contribution in [-0.4, -0.2) is 47.8 Å². The average molecular weight is 482 g/mol. The highest BCUT2D eigenvalue weighted by Gasteiger charge is 2.20. The maximum atomic E-state index is 11.5. The minimum atomic E-state index is -0.996. The number of hydrogen-bond donors (Lipinski definition) is 3. The Bertz CT molecular complexity index is 1170. The van der Waals surface area contributed by atoms with Crippen LogP contribution in [0.5, 0.6) is 11.5 Å². The fourth-order valence-electron chi connectivity index (χ4n) is 4.11. The van der Waals surface area contributed by atoms with Gasteiger partial charge in [-0.05, 0) is 60.7 Å². The van der Waals surface area contributed by atoms with Crippen LogP contribution in [0.4, 0.5) is 5.69 Å². The number of nitrogens with one attached hydrogen (secondary N) is 1. The molecule has 178 valence electrons. The molecule has 0 spiro atoms. The van der Waals surface area contributed by atoms with Gasteiger partial charge in [0.2, 0.25) is 0 Å². The molecule has 0 saturated carbocycles. The third-order valence-corrected chi connectivity index (χ3v) is 6.26. The average Bonchev–Trinajstić information content (AvgIpc) is 2.82. The van der Waals surface area contributed by atoms with Crippen molar-refractivity contribution in [1.29, 1.82) is 0 Å². The van der Waals surface area contributed by atoms with E-state index in [-0.39, 0.29) is 11.6 Å². The third kappa shape index (κ3) is 5.86. The number of carbonyl (C=O) groups is 1. The van der Waals surface area contributed by atoms with E-state index in [9.17, 15) is 15.0 Å². The lowest BCUT2D eigenvalue weighted by Gasteiger charge is -2.27. The lowest BCUT2D eigenvalue weighted by molar-refractivity contribution is 0.0696.